The van der Waals surface area contributed by atoms with Gasteiger partial charge >= 0.3 is 0 Å². The molecule has 4 aromatic carbocycles. The summed E-state index contributed by atoms with van der Waals surface area (Å²) in [4.78, 5) is 0. The van der Waals surface area contributed by atoms with Crippen molar-refractivity contribution in [2.75, 3.05) is 0 Å². The van der Waals surface area contributed by atoms with Gasteiger partial charge in [-0.3, -0.25) is 0 Å². The maximum Gasteiger partial charge on any atom is 0.210 e. The fraction of sp³-hybridized carbons (Fsp3) is 0.152. The van der Waals surface area contributed by atoms with E-state index in [0.29, 0.717) is 50.3 Å². The molecule has 6 bridgehead atoms. The van der Waals surface area contributed by atoms with Gasteiger partial charge in [0, 0.05) is 40.3 Å². The van der Waals surface area contributed by atoms with Gasteiger partial charge in [-0.2, -0.15) is 0 Å². The van der Waals surface area contributed by atoms with Gasteiger partial charge in [0.05, 0.1) is 9.50 Å². The van der Waals surface area contributed by atoms with Crippen molar-refractivity contribution in [1.82, 2.24) is 0 Å². The third-order valence-electron chi connectivity index (χ3n) is 6.99. The Hall–Kier alpha value is -4.18. The summed E-state index contributed by atoms with van der Waals surface area (Å²) in [5, 5.41) is 63.9. The molecule has 0 unspecified atom stereocenters. The number of benzene rings is 4. The van der Waals surface area contributed by atoms with Crippen LogP contribution in [0.3, 0.4) is 0 Å². The van der Waals surface area contributed by atoms with Gasteiger partial charge in [0.1, 0.15) is 28.7 Å². The smallest absolute Gasteiger partial charge is 0.210 e. The van der Waals surface area contributed by atoms with Crippen molar-refractivity contribution in [2.24, 2.45) is 0 Å². The van der Waals surface area contributed by atoms with Gasteiger partial charge in [-0.1, -0.05) is 40.9 Å². The molecule has 0 aliphatic carbocycles. The van der Waals surface area contributed by atoms with Crippen molar-refractivity contribution in [3.63, 3.8) is 0 Å². The summed E-state index contributed by atoms with van der Waals surface area (Å²) in [5.41, 5.74) is 2.79. The number of fused-ring (bicyclic) bond motifs is 6. The van der Waals surface area contributed by atoms with Gasteiger partial charge < -0.3 is 40.1 Å². The number of allylic oxidation sites excluding steroid dienone is 4. The third-order valence-corrected chi connectivity index (χ3v) is 8.19. The van der Waals surface area contributed by atoms with Gasteiger partial charge in [-0.25, -0.2) is 0 Å². The molecule has 11 heteroatoms. The lowest BCUT2D eigenvalue weighted by atomic mass is 10.0. The predicted molar refractivity (Wildman–Crippen MR) is 171 cm³/mol. The predicted octanol–water partition coefficient (Wildman–Crippen LogP) is 8.87. The van der Waals surface area contributed by atoms with Crippen molar-refractivity contribution in [3.8, 4) is 57.5 Å². The van der Waals surface area contributed by atoms with Crippen molar-refractivity contribution < 1.29 is 40.1 Å². The van der Waals surface area contributed by atoms with Crippen LogP contribution >= 0.6 is 39.1 Å². The van der Waals surface area contributed by atoms with E-state index in [9.17, 15) is 30.6 Å². The molecule has 2 aliphatic heterocycles. The molecule has 2 aliphatic rings. The average Bonchev–Trinajstić information content (AvgIpc) is 2.93. The van der Waals surface area contributed by atoms with Crippen LogP contribution in [-0.4, -0.2) is 30.6 Å². The lowest BCUT2D eigenvalue weighted by Gasteiger charge is -2.16. The number of phenols is 6. The standard InChI is InChI=1S/C33H27BrCl2O8/c1-16-2-3-18-11-30(23(34)14-25(18)38)43-32-20(10-22(37)13-29(32)42)9-21(35)5-4-19-12-31(24(36)15-26(19)39)44-33-27(40)7-17(6-16)8-28(33)41/h2,5,7-8,10-15,37-42H,3-4,6,9H2,1H3/b16-2-,21-5+. The molecule has 0 saturated heterocycles. The molecule has 4 aromatic rings. The fourth-order valence-electron chi connectivity index (χ4n) is 4.79. The number of halogens is 3. The van der Waals surface area contributed by atoms with Crippen molar-refractivity contribution >= 4 is 39.1 Å². The second kappa shape index (κ2) is 12.8. The highest BCUT2D eigenvalue weighted by atomic mass is 79.9. The Bertz CT molecular complexity index is 1810. The summed E-state index contributed by atoms with van der Waals surface area (Å²) in [6.07, 6.45) is 4.40. The second-order valence-electron chi connectivity index (χ2n) is 10.4. The zero-order chi connectivity index (χ0) is 31.7. The summed E-state index contributed by atoms with van der Waals surface area (Å²) in [6.45, 7) is 1.88. The van der Waals surface area contributed by atoms with Crippen LogP contribution in [0.5, 0.6) is 57.5 Å². The summed E-state index contributed by atoms with van der Waals surface area (Å²) in [5.74, 6) is -0.980. The highest BCUT2D eigenvalue weighted by Crippen LogP contribution is 2.45. The van der Waals surface area contributed by atoms with E-state index in [1.54, 1.807) is 12.1 Å². The van der Waals surface area contributed by atoms with E-state index in [-0.39, 0.29) is 69.6 Å². The Labute approximate surface area is 271 Å². The van der Waals surface area contributed by atoms with E-state index in [2.05, 4.69) is 15.9 Å². The van der Waals surface area contributed by atoms with Crippen LogP contribution in [0.25, 0.3) is 0 Å². The molecule has 0 fully saturated rings. The Morgan fingerprint density at radius 2 is 1.20 bits per heavy atom. The lowest BCUT2D eigenvalue weighted by Crippen LogP contribution is -1.97. The second-order valence-corrected chi connectivity index (χ2v) is 12.2. The van der Waals surface area contributed by atoms with Crippen LogP contribution in [-0.2, 0) is 25.7 Å². The van der Waals surface area contributed by atoms with E-state index in [4.69, 9.17) is 32.7 Å². The number of hydrogen-bond donors (Lipinski definition) is 6. The zero-order valence-electron chi connectivity index (χ0n) is 23.2. The van der Waals surface area contributed by atoms with Gasteiger partial charge in [-0.15, -0.1) is 0 Å². The molecular weight excluding hydrogens is 675 g/mol. The van der Waals surface area contributed by atoms with Gasteiger partial charge in [0.2, 0.25) is 5.75 Å². The average molecular weight is 702 g/mol. The maximum absolute atomic E-state index is 10.7. The first-order valence-electron chi connectivity index (χ1n) is 13.4. The molecule has 8 nitrogen and oxygen atoms in total. The molecule has 44 heavy (non-hydrogen) atoms. The number of ether oxygens (including phenoxy) is 2. The van der Waals surface area contributed by atoms with Crippen LogP contribution in [0.15, 0.2) is 75.8 Å². The van der Waals surface area contributed by atoms with E-state index in [1.165, 1.54) is 36.4 Å². The zero-order valence-corrected chi connectivity index (χ0v) is 26.3. The minimum atomic E-state index is -0.314. The van der Waals surface area contributed by atoms with Crippen molar-refractivity contribution in [1.29, 1.82) is 0 Å². The largest absolute Gasteiger partial charge is 0.508 e. The monoisotopic (exact) mass is 700 g/mol. The van der Waals surface area contributed by atoms with E-state index in [0.717, 1.165) is 11.6 Å². The molecule has 228 valence electrons. The molecule has 0 spiro atoms. The molecule has 6 N–H and O–H groups in total. The van der Waals surface area contributed by atoms with E-state index >= 15 is 0 Å². The molecule has 0 radical (unpaired) electrons. The quantitative estimate of drug-likeness (QED) is 0.1000. The summed E-state index contributed by atoms with van der Waals surface area (Å²) >= 11 is 16.3. The van der Waals surface area contributed by atoms with Crippen molar-refractivity contribution in [2.45, 2.75) is 32.6 Å². The summed E-state index contributed by atoms with van der Waals surface area (Å²) < 4.78 is 12.3. The minimum absolute atomic E-state index is 0.0192. The molecule has 0 saturated carbocycles. The highest BCUT2D eigenvalue weighted by molar-refractivity contribution is 9.10. The number of aromatic hydroxyl groups is 6. The normalized spacial score (nSPS) is 16.2. The van der Waals surface area contributed by atoms with Crippen LogP contribution in [0.2, 0.25) is 5.02 Å². The van der Waals surface area contributed by atoms with Gasteiger partial charge in [0.15, 0.2) is 23.0 Å². The first-order chi connectivity index (χ1) is 20.9. The molecule has 2 heterocycles. The first kappa shape index (κ1) is 31.3. The lowest BCUT2D eigenvalue weighted by molar-refractivity contribution is 0.375. The summed E-state index contributed by atoms with van der Waals surface area (Å²) in [6, 6.07) is 11.4. The molecule has 0 amide bonds. The number of hydrogen-bond acceptors (Lipinski definition) is 8. The minimum Gasteiger partial charge on any atom is -0.508 e. The van der Waals surface area contributed by atoms with Crippen LogP contribution in [0.1, 0.15) is 29.2 Å². The Morgan fingerprint density at radius 1 is 0.614 bits per heavy atom. The van der Waals surface area contributed by atoms with Crippen LogP contribution in [0.4, 0.5) is 0 Å². The number of phenolic OH excluding ortho intramolecular Hbond substituents is 6. The fourth-order valence-corrected chi connectivity index (χ4v) is 5.62. The molecule has 6 rings (SSSR count). The molecular formula is C33H27BrCl2O8. The SMILES string of the molecule is C/C1=C/Cc2cc(c(Br)cc2O)Oc2c(O)cc(O)cc2C/C(Cl)=C\Cc2cc(c(Cl)cc2O)Oc2c(O)cc(cc2O)C1. The Kier molecular flexibility index (Phi) is 9.10. The maximum atomic E-state index is 10.7. The van der Waals surface area contributed by atoms with E-state index < -0.39 is 0 Å². The highest BCUT2D eigenvalue weighted by Gasteiger charge is 2.19. The summed E-state index contributed by atoms with van der Waals surface area (Å²) in [7, 11) is 0. The first-order valence-corrected chi connectivity index (χ1v) is 14.9. The van der Waals surface area contributed by atoms with Crippen LogP contribution < -0.4 is 9.47 Å². The topological polar surface area (TPSA) is 140 Å². The number of rotatable bonds is 0. The van der Waals surface area contributed by atoms with E-state index in [1.807, 2.05) is 13.0 Å². The molecule has 0 aromatic heterocycles. The Morgan fingerprint density at radius 3 is 1.91 bits per heavy atom. The van der Waals surface area contributed by atoms with Gasteiger partial charge in [0.25, 0.3) is 0 Å². The molecule has 0 atom stereocenters. The van der Waals surface area contributed by atoms with Gasteiger partial charge in [-0.05, 0) is 84.1 Å². The third kappa shape index (κ3) is 6.96. The Balaban J connectivity index is 1.63. The van der Waals surface area contributed by atoms with Crippen molar-refractivity contribution in [3.05, 3.63) is 103 Å². The van der Waals surface area contributed by atoms with Crippen LogP contribution in [0, 0.1) is 0 Å².